The second-order valence-corrected chi connectivity index (χ2v) is 8.00. The molecule has 1 saturated heterocycles. The number of hydrogen-bond donors (Lipinski definition) is 1. The number of rotatable bonds is 3. The number of nitrogens with zero attached hydrogens (tertiary/aromatic N) is 2. The lowest BCUT2D eigenvalue weighted by Crippen LogP contribution is -2.49. The van der Waals surface area contributed by atoms with E-state index in [1.165, 1.54) is 17.7 Å². The van der Waals surface area contributed by atoms with Crippen molar-refractivity contribution in [3.8, 4) is 0 Å². The third kappa shape index (κ3) is 3.60. The van der Waals surface area contributed by atoms with Gasteiger partial charge in [-0.25, -0.2) is 0 Å². The van der Waals surface area contributed by atoms with Gasteiger partial charge in [0.2, 0.25) is 0 Å². The topological polar surface area (TPSA) is 27.6 Å². The Kier molecular flexibility index (Phi) is 4.97. The van der Waals surface area contributed by atoms with Gasteiger partial charge in [0.25, 0.3) is 0 Å². The van der Waals surface area contributed by atoms with Gasteiger partial charge >= 0.3 is 0 Å². The van der Waals surface area contributed by atoms with Crippen molar-refractivity contribution in [1.82, 2.24) is 10.2 Å². The van der Waals surface area contributed by atoms with Crippen molar-refractivity contribution < 1.29 is 0 Å². The molecule has 4 heteroatoms. The molecule has 1 aliphatic carbocycles. The minimum absolute atomic E-state index is 0.549. The number of aliphatic imine (C=N–C) groups is 1. The summed E-state index contributed by atoms with van der Waals surface area (Å²) in [6.45, 7) is 6.87. The van der Waals surface area contributed by atoms with Crippen molar-refractivity contribution in [2.45, 2.75) is 37.5 Å². The molecule has 0 amide bonds. The molecule has 1 saturated carbocycles. The molecular weight excluding hydrogens is 290 g/mol. The van der Waals surface area contributed by atoms with Crippen molar-refractivity contribution in [2.24, 2.45) is 10.9 Å². The minimum atomic E-state index is 0.549. The van der Waals surface area contributed by atoms with Crippen molar-refractivity contribution >= 4 is 17.7 Å². The van der Waals surface area contributed by atoms with Crippen LogP contribution in [-0.2, 0) is 0 Å². The molecule has 2 fully saturated rings. The summed E-state index contributed by atoms with van der Waals surface area (Å²) in [5.41, 5.74) is 1.45. The second-order valence-electron chi connectivity index (χ2n) is 6.65. The average molecular weight is 318 g/mol. The van der Waals surface area contributed by atoms with Crippen LogP contribution in [0.25, 0.3) is 0 Å². The molecule has 1 N–H and O–H groups in total. The van der Waals surface area contributed by atoms with E-state index in [1.54, 1.807) is 0 Å². The van der Waals surface area contributed by atoms with Gasteiger partial charge in [-0.2, -0.15) is 11.8 Å². The molecule has 120 valence electrons. The molecule has 22 heavy (non-hydrogen) atoms. The van der Waals surface area contributed by atoms with Crippen molar-refractivity contribution in [3.05, 3.63) is 35.9 Å². The summed E-state index contributed by atoms with van der Waals surface area (Å²) in [6, 6.07) is 11.4. The molecule has 0 radical (unpaired) electrons. The summed E-state index contributed by atoms with van der Waals surface area (Å²) < 4.78 is 0. The van der Waals surface area contributed by atoms with Crippen LogP contribution in [0.3, 0.4) is 0 Å². The van der Waals surface area contributed by atoms with E-state index in [-0.39, 0.29) is 0 Å². The van der Waals surface area contributed by atoms with Crippen LogP contribution >= 0.6 is 11.8 Å². The maximum Gasteiger partial charge on any atom is 0.193 e. The first-order valence-electron chi connectivity index (χ1n) is 8.34. The summed E-state index contributed by atoms with van der Waals surface area (Å²) in [4.78, 5) is 6.98. The fraction of sp³-hybridized carbons (Fsp3) is 0.611. The van der Waals surface area contributed by atoms with Crippen LogP contribution in [0.5, 0.6) is 0 Å². The van der Waals surface area contributed by atoms with Gasteiger partial charge in [-0.15, -0.1) is 0 Å². The molecule has 0 spiro atoms. The number of thioether (sulfide) groups is 1. The van der Waals surface area contributed by atoms with Crippen LogP contribution in [0.2, 0.25) is 0 Å². The quantitative estimate of drug-likeness (QED) is 0.685. The zero-order valence-corrected chi connectivity index (χ0v) is 14.6. The van der Waals surface area contributed by atoms with E-state index in [4.69, 9.17) is 0 Å². The summed E-state index contributed by atoms with van der Waals surface area (Å²) in [7, 11) is 1.91. The second kappa shape index (κ2) is 6.95. The van der Waals surface area contributed by atoms with E-state index in [1.807, 2.05) is 7.05 Å². The Morgan fingerprint density at radius 1 is 1.32 bits per heavy atom. The number of hydrogen-bond acceptors (Lipinski definition) is 2. The Hall–Kier alpha value is -1.16. The molecule has 3 unspecified atom stereocenters. The number of nitrogens with one attached hydrogen (secondary N) is 1. The predicted molar refractivity (Wildman–Crippen MR) is 96.7 cm³/mol. The molecular formula is C18H27N3S. The van der Waals surface area contributed by atoms with Gasteiger partial charge in [0.1, 0.15) is 0 Å². The fourth-order valence-corrected chi connectivity index (χ4v) is 4.46. The van der Waals surface area contributed by atoms with E-state index in [2.05, 4.69) is 71.2 Å². The monoisotopic (exact) mass is 317 g/mol. The zero-order chi connectivity index (χ0) is 15.5. The summed E-state index contributed by atoms with van der Waals surface area (Å²) in [5.74, 6) is 3.67. The van der Waals surface area contributed by atoms with Gasteiger partial charge < -0.3 is 10.2 Å². The molecule has 1 aromatic carbocycles. The van der Waals surface area contributed by atoms with Crippen LogP contribution in [-0.4, -0.2) is 48.0 Å². The van der Waals surface area contributed by atoms with Crippen LogP contribution in [0, 0.1) is 5.92 Å². The first kappa shape index (κ1) is 15.7. The number of benzene rings is 1. The fourth-order valence-electron chi connectivity index (χ4n) is 3.16. The van der Waals surface area contributed by atoms with Crippen molar-refractivity contribution in [3.63, 3.8) is 0 Å². The van der Waals surface area contributed by atoms with Crippen LogP contribution in [0.1, 0.15) is 31.7 Å². The normalized spacial score (nSPS) is 28.8. The highest BCUT2D eigenvalue weighted by molar-refractivity contribution is 8.00. The molecule has 0 bridgehead atoms. The maximum absolute atomic E-state index is 4.54. The predicted octanol–water partition coefficient (Wildman–Crippen LogP) is 3.19. The Bertz CT molecular complexity index is 514. The van der Waals surface area contributed by atoms with Crippen LogP contribution in [0.15, 0.2) is 35.3 Å². The van der Waals surface area contributed by atoms with Gasteiger partial charge in [0.05, 0.1) is 0 Å². The first-order valence-corrected chi connectivity index (χ1v) is 9.38. The Morgan fingerprint density at radius 3 is 2.77 bits per heavy atom. The van der Waals surface area contributed by atoms with Crippen molar-refractivity contribution in [1.29, 1.82) is 0 Å². The highest BCUT2D eigenvalue weighted by Gasteiger charge is 2.39. The van der Waals surface area contributed by atoms with Crippen molar-refractivity contribution in [2.75, 3.05) is 25.9 Å². The third-order valence-corrected chi connectivity index (χ3v) is 6.22. The highest BCUT2D eigenvalue weighted by atomic mass is 32.2. The average Bonchev–Trinajstić information content (AvgIpc) is 3.33. The molecule has 0 aromatic heterocycles. The van der Waals surface area contributed by atoms with E-state index >= 15 is 0 Å². The maximum atomic E-state index is 4.54. The summed E-state index contributed by atoms with van der Waals surface area (Å²) >= 11 is 2.11. The van der Waals surface area contributed by atoms with Gasteiger partial charge in [0.15, 0.2) is 5.96 Å². The van der Waals surface area contributed by atoms with Gasteiger partial charge in [0, 0.05) is 43.1 Å². The van der Waals surface area contributed by atoms with Crippen LogP contribution in [0.4, 0.5) is 0 Å². The Labute approximate surface area is 138 Å². The lowest BCUT2D eigenvalue weighted by molar-refractivity contribution is 0.380. The van der Waals surface area contributed by atoms with Gasteiger partial charge in [-0.05, 0) is 17.9 Å². The van der Waals surface area contributed by atoms with Gasteiger partial charge in [-0.3, -0.25) is 4.99 Å². The third-order valence-electron chi connectivity index (χ3n) is 4.68. The standard InChI is InChI=1S/C18H27N3S/c1-13(2)17-12-21(9-10-22-17)18(19-3)20-16-11-15(16)14-7-5-4-6-8-14/h4-8,13,15-17H,9-12H2,1-3H3,(H,19,20). The molecule has 3 atom stereocenters. The lowest BCUT2D eigenvalue weighted by atomic mass is 10.1. The summed E-state index contributed by atoms with van der Waals surface area (Å²) in [5, 5.41) is 4.40. The largest absolute Gasteiger partial charge is 0.353 e. The summed E-state index contributed by atoms with van der Waals surface area (Å²) in [6.07, 6.45) is 1.22. The molecule has 1 heterocycles. The molecule has 2 aliphatic rings. The van der Waals surface area contributed by atoms with E-state index in [0.717, 1.165) is 30.2 Å². The lowest BCUT2D eigenvalue weighted by Gasteiger charge is -2.36. The zero-order valence-electron chi connectivity index (χ0n) is 13.8. The minimum Gasteiger partial charge on any atom is -0.353 e. The SMILES string of the molecule is CN=C(NC1CC1c1ccccc1)N1CCSC(C(C)C)C1. The smallest absolute Gasteiger partial charge is 0.193 e. The van der Waals surface area contributed by atoms with E-state index in [0.29, 0.717) is 12.0 Å². The number of guanidine groups is 1. The van der Waals surface area contributed by atoms with Crippen LogP contribution < -0.4 is 5.32 Å². The molecule has 3 rings (SSSR count). The Morgan fingerprint density at radius 2 is 2.09 bits per heavy atom. The van der Waals surface area contributed by atoms with E-state index in [9.17, 15) is 0 Å². The van der Waals surface area contributed by atoms with Gasteiger partial charge in [-0.1, -0.05) is 44.2 Å². The molecule has 1 aliphatic heterocycles. The first-order chi connectivity index (χ1) is 10.7. The Balaban J connectivity index is 1.57. The van der Waals surface area contributed by atoms with E-state index < -0.39 is 0 Å². The highest BCUT2D eigenvalue weighted by Crippen LogP contribution is 2.40. The molecule has 3 nitrogen and oxygen atoms in total. The molecule has 1 aromatic rings.